The van der Waals surface area contributed by atoms with Gasteiger partial charge in [-0.2, -0.15) is 5.26 Å². The molecule has 1 saturated carbocycles. The monoisotopic (exact) mass is 422 g/mol. The summed E-state index contributed by atoms with van der Waals surface area (Å²) in [5.74, 6) is -0.766. The highest BCUT2D eigenvalue weighted by molar-refractivity contribution is 6.08. The van der Waals surface area contributed by atoms with Gasteiger partial charge in [-0.1, -0.05) is 26.8 Å². The smallest absolute Gasteiger partial charge is 0.326 e. The van der Waals surface area contributed by atoms with Crippen LogP contribution in [0.25, 0.3) is 5.52 Å². The topological polar surface area (TPSA) is 104 Å². The first-order chi connectivity index (χ1) is 14.6. The van der Waals surface area contributed by atoms with Crippen LogP contribution in [-0.4, -0.2) is 39.3 Å². The molecule has 1 saturated heterocycles. The van der Waals surface area contributed by atoms with Crippen molar-refractivity contribution in [2.45, 2.75) is 52.2 Å². The highest BCUT2D eigenvalue weighted by Gasteiger charge is 2.56. The molecule has 3 amide bonds. The Morgan fingerprint density at radius 2 is 2.10 bits per heavy atom. The maximum atomic E-state index is 13.1. The summed E-state index contributed by atoms with van der Waals surface area (Å²) in [7, 11) is 0. The number of rotatable bonds is 4. The third-order valence-electron chi connectivity index (χ3n) is 6.17. The molecule has 2 aromatic heterocycles. The van der Waals surface area contributed by atoms with Crippen molar-refractivity contribution in [3.63, 3.8) is 0 Å². The predicted molar refractivity (Wildman–Crippen MR) is 112 cm³/mol. The number of carbonyl (C=O) groups excluding carboxylic acids is 3. The Morgan fingerprint density at radius 1 is 1.32 bits per heavy atom. The third-order valence-corrected chi connectivity index (χ3v) is 6.17. The van der Waals surface area contributed by atoms with Crippen molar-refractivity contribution >= 4 is 23.4 Å². The van der Waals surface area contributed by atoms with E-state index in [9.17, 15) is 19.6 Å². The number of pyridine rings is 1. The Labute approximate surface area is 180 Å². The van der Waals surface area contributed by atoms with E-state index in [0.29, 0.717) is 24.0 Å². The first kappa shape index (κ1) is 20.9. The minimum atomic E-state index is -0.952. The Balaban J connectivity index is 1.44. The fraction of sp³-hybridized carbons (Fsp3) is 0.478. The van der Waals surface area contributed by atoms with Gasteiger partial charge >= 0.3 is 12.0 Å². The van der Waals surface area contributed by atoms with E-state index in [1.807, 2.05) is 18.2 Å². The predicted octanol–water partition coefficient (Wildman–Crippen LogP) is 2.99. The summed E-state index contributed by atoms with van der Waals surface area (Å²) in [4.78, 5) is 39.1. The second-order valence-corrected chi connectivity index (χ2v) is 9.55. The number of aromatic nitrogens is 1. The molecule has 8 heteroatoms. The Bertz CT molecular complexity index is 1110. The van der Waals surface area contributed by atoms with Crippen LogP contribution in [-0.2, 0) is 20.9 Å². The van der Waals surface area contributed by atoms with Crippen molar-refractivity contribution in [2.24, 2.45) is 11.3 Å². The van der Waals surface area contributed by atoms with Crippen LogP contribution in [0.15, 0.2) is 30.6 Å². The van der Waals surface area contributed by atoms with Crippen molar-refractivity contribution in [3.05, 3.63) is 41.7 Å². The molecule has 2 aliphatic rings. The fourth-order valence-electron chi connectivity index (χ4n) is 5.40. The molecule has 1 N–H and O–H groups in total. The van der Waals surface area contributed by atoms with E-state index in [4.69, 9.17) is 4.74 Å². The number of urea groups is 1. The Kier molecular flexibility index (Phi) is 5.00. The quantitative estimate of drug-likeness (QED) is 0.603. The number of carbonyl (C=O) groups is 3. The minimum absolute atomic E-state index is 0.0811. The largest absolute Gasteiger partial charge is 0.459 e. The van der Waals surface area contributed by atoms with Crippen LogP contribution in [0.2, 0.25) is 0 Å². The van der Waals surface area contributed by atoms with Crippen LogP contribution >= 0.6 is 0 Å². The molecule has 31 heavy (non-hydrogen) atoms. The summed E-state index contributed by atoms with van der Waals surface area (Å²) in [6, 6.07) is 7.06. The lowest BCUT2D eigenvalue weighted by Crippen LogP contribution is -2.54. The average molecular weight is 422 g/mol. The van der Waals surface area contributed by atoms with Crippen LogP contribution in [0.1, 0.15) is 51.2 Å². The number of imide groups is 1. The molecule has 162 valence electrons. The number of fused-ring (bicyclic) bond motifs is 1. The first-order valence-electron chi connectivity index (χ1n) is 10.4. The second-order valence-electron chi connectivity index (χ2n) is 9.55. The van der Waals surface area contributed by atoms with Gasteiger partial charge in [0.1, 0.15) is 24.8 Å². The summed E-state index contributed by atoms with van der Waals surface area (Å²) < 4.78 is 7.11. The van der Waals surface area contributed by atoms with Gasteiger partial charge in [0.2, 0.25) is 0 Å². The highest BCUT2D eigenvalue weighted by atomic mass is 16.5. The van der Waals surface area contributed by atoms with Gasteiger partial charge in [0.05, 0.1) is 11.1 Å². The Morgan fingerprint density at radius 3 is 2.81 bits per heavy atom. The number of esters is 1. The second kappa shape index (κ2) is 7.41. The summed E-state index contributed by atoms with van der Waals surface area (Å²) in [5.41, 5.74) is 0.690. The van der Waals surface area contributed by atoms with Crippen LogP contribution in [0.5, 0.6) is 0 Å². The van der Waals surface area contributed by atoms with Crippen LogP contribution in [0.4, 0.5) is 4.79 Å². The fourth-order valence-corrected chi connectivity index (χ4v) is 5.40. The maximum Gasteiger partial charge on any atom is 0.326 e. The van der Waals surface area contributed by atoms with Crippen LogP contribution in [0.3, 0.4) is 0 Å². The number of hydrogen-bond acceptors (Lipinski definition) is 5. The molecule has 0 aromatic carbocycles. The van der Waals surface area contributed by atoms with Gasteiger partial charge in [-0.25, -0.2) is 4.79 Å². The molecule has 0 bridgehead atoms. The molecular weight excluding hydrogens is 396 g/mol. The van der Waals surface area contributed by atoms with E-state index in [1.54, 1.807) is 16.8 Å². The summed E-state index contributed by atoms with van der Waals surface area (Å²) in [6.45, 7) is 5.71. The van der Waals surface area contributed by atoms with Crippen LogP contribution in [0, 0.1) is 22.7 Å². The lowest BCUT2D eigenvalue weighted by molar-refractivity contribution is -0.149. The van der Waals surface area contributed by atoms with Crippen LogP contribution < -0.4 is 5.32 Å². The molecule has 1 aliphatic heterocycles. The third kappa shape index (κ3) is 3.76. The minimum Gasteiger partial charge on any atom is -0.459 e. The van der Waals surface area contributed by atoms with Gasteiger partial charge in [-0.3, -0.25) is 14.5 Å². The van der Waals surface area contributed by atoms with Gasteiger partial charge in [0, 0.05) is 18.0 Å². The number of nitriles is 1. The lowest BCUT2D eigenvalue weighted by Gasteiger charge is -2.43. The number of ether oxygens (including phenoxy) is 1. The van der Waals surface area contributed by atoms with E-state index in [2.05, 4.69) is 32.2 Å². The SMILES string of the molecule is CC1CC(C)(C)CC2(C1)NC(=O)N(CC(=O)OCc1cn3ccccc3c1C#N)C2=O. The lowest BCUT2D eigenvalue weighted by atomic mass is 9.64. The maximum absolute atomic E-state index is 13.1. The van der Waals surface area contributed by atoms with E-state index in [-0.39, 0.29) is 23.8 Å². The van der Waals surface area contributed by atoms with E-state index in [1.165, 1.54) is 0 Å². The molecule has 1 spiro atoms. The van der Waals surface area contributed by atoms with Crippen molar-refractivity contribution in [2.75, 3.05) is 6.54 Å². The van der Waals surface area contributed by atoms with Crippen molar-refractivity contribution in [1.82, 2.24) is 14.6 Å². The zero-order chi connectivity index (χ0) is 22.4. The number of nitrogens with one attached hydrogen (secondary N) is 1. The van der Waals surface area contributed by atoms with Gasteiger partial charge in [0.15, 0.2) is 0 Å². The van der Waals surface area contributed by atoms with Gasteiger partial charge < -0.3 is 14.5 Å². The van der Waals surface area contributed by atoms with Gasteiger partial charge in [-0.15, -0.1) is 0 Å². The number of nitrogens with zero attached hydrogens (tertiary/aromatic N) is 3. The first-order valence-corrected chi connectivity index (χ1v) is 10.4. The molecule has 8 nitrogen and oxygen atoms in total. The van der Waals surface area contributed by atoms with Crippen molar-refractivity contribution in [1.29, 1.82) is 5.26 Å². The summed E-state index contributed by atoms with van der Waals surface area (Å²) >= 11 is 0. The number of hydrogen-bond donors (Lipinski definition) is 1. The zero-order valence-corrected chi connectivity index (χ0v) is 18.0. The molecular formula is C23H26N4O4. The van der Waals surface area contributed by atoms with Crippen molar-refractivity contribution in [3.8, 4) is 6.07 Å². The molecule has 0 radical (unpaired) electrons. The molecule has 3 heterocycles. The molecule has 1 aliphatic carbocycles. The molecule has 2 unspecified atom stereocenters. The number of amides is 3. The molecule has 2 aromatic rings. The van der Waals surface area contributed by atoms with Gasteiger partial charge in [0.25, 0.3) is 5.91 Å². The molecule has 4 rings (SSSR count). The van der Waals surface area contributed by atoms with E-state index >= 15 is 0 Å². The summed E-state index contributed by atoms with van der Waals surface area (Å²) in [6.07, 6.45) is 5.63. The molecule has 2 fully saturated rings. The molecule has 2 atom stereocenters. The van der Waals surface area contributed by atoms with Gasteiger partial charge in [-0.05, 0) is 42.7 Å². The van der Waals surface area contributed by atoms with E-state index < -0.39 is 24.1 Å². The average Bonchev–Trinajstić information content (AvgIpc) is 3.14. The zero-order valence-electron chi connectivity index (χ0n) is 18.0. The van der Waals surface area contributed by atoms with Crippen molar-refractivity contribution < 1.29 is 19.1 Å². The normalized spacial score (nSPS) is 25.0. The highest BCUT2D eigenvalue weighted by Crippen LogP contribution is 2.46. The van der Waals surface area contributed by atoms with E-state index in [0.717, 1.165) is 16.8 Å². The standard InChI is InChI=1S/C23H26N4O4/c1-15-8-22(2,3)14-23(9-15)20(29)27(21(30)25-23)12-19(28)31-13-16-11-26-7-5-4-6-18(26)17(16)10-24/h4-7,11,15H,8-9,12-14H2,1-3H3,(H,25,30). The summed E-state index contributed by atoms with van der Waals surface area (Å²) in [5, 5.41) is 12.3. The Hall–Kier alpha value is -3.34.